The van der Waals surface area contributed by atoms with Gasteiger partial charge in [0.05, 0.1) is 0 Å². The third-order valence-electron chi connectivity index (χ3n) is 1.91. The Morgan fingerprint density at radius 1 is 1.13 bits per heavy atom. The van der Waals surface area contributed by atoms with Gasteiger partial charge in [-0.1, -0.05) is 50.1 Å². The van der Waals surface area contributed by atoms with Crippen LogP contribution in [0.3, 0.4) is 0 Å². The van der Waals surface area contributed by atoms with Crippen molar-refractivity contribution in [2.24, 2.45) is 0 Å². The van der Waals surface area contributed by atoms with Crippen LogP contribution in [-0.4, -0.2) is 9.79 Å². The van der Waals surface area contributed by atoms with E-state index in [4.69, 9.17) is 14.4 Å². The zero-order chi connectivity index (χ0) is 11.5. The molecule has 0 aliphatic heterocycles. The van der Waals surface area contributed by atoms with Crippen molar-refractivity contribution in [3.63, 3.8) is 0 Å². The molecule has 2 N–H and O–H groups in total. The topological polar surface area (TPSA) is 57.5 Å². The van der Waals surface area contributed by atoms with Crippen LogP contribution in [-0.2, 0) is 11.0 Å². The molecule has 0 bridgehead atoms. The van der Waals surface area contributed by atoms with Crippen LogP contribution in [0.4, 0.5) is 0 Å². The highest BCUT2D eigenvalue weighted by Crippen LogP contribution is 2.05. The summed E-state index contributed by atoms with van der Waals surface area (Å²) in [6.07, 6.45) is 5.25. The molecule has 0 amide bonds. The van der Waals surface area contributed by atoms with Crippen molar-refractivity contribution < 1.29 is 14.4 Å². The number of benzene rings is 1. The molecule has 0 spiro atoms. The summed E-state index contributed by atoms with van der Waals surface area (Å²) >= 11 is 0. The second-order valence-corrected chi connectivity index (χ2v) is 3.70. The lowest BCUT2D eigenvalue weighted by Crippen LogP contribution is -1.83. The summed E-state index contributed by atoms with van der Waals surface area (Å²) in [6, 6.07) is 10.7. The molecule has 1 aromatic carbocycles. The highest BCUT2D eigenvalue weighted by molar-refractivity contribution is 7.30. The molecule has 0 aromatic heterocycles. The molecule has 3 nitrogen and oxygen atoms in total. The van der Waals surface area contributed by atoms with Crippen molar-refractivity contribution in [2.45, 2.75) is 32.6 Å². The van der Waals surface area contributed by atoms with Crippen LogP contribution < -0.4 is 0 Å². The molecule has 0 atom stereocenters. The minimum Gasteiger partial charge on any atom is -0.134 e. The Kier molecular flexibility index (Phi) is 9.29. The van der Waals surface area contributed by atoms with Crippen LogP contribution in [0.1, 0.15) is 31.7 Å². The summed E-state index contributed by atoms with van der Waals surface area (Å²) < 4.78 is 8.70. The zero-order valence-corrected chi connectivity index (χ0v) is 9.86. The van der Waals surface area contributed by atoms with Crippen molar-refractivity contribution in [3.05, 3.63) is 35.9 Å². The first-order valence-corrected chi connectivity index (χ1v) is 6.22. The van der Waals surface area contributed by atoms with E-state index in [0.29, 0.717) is 0 Å². The van der Waals surface area contributed by atoms with Crippen LogP contribution in [0.15, 0.2) is 30.3 Å². The van der Waals surface area contributed by atoms with Crippen molar-refractivity contribution in [3.8, 4) is 0 Å². The monoisotopic (exact) mass is 229 g/mol. The third kappa shape index (κ3) is 11.2. The average Bonchev–Trinajstić information content (AvgIpc) is 2.19. The third-order valence-corrected chi connectivity index (χ3v) is 1.91. The van der Waals surface area contributed by atoms with Gasteiger partial charge in [-0.2, -0.15) is 0 Å². The molecule has 0 radical (unpaired) electrons. The largest absolute Gasteiger partial charge is 0.692 e. The Balaban J connectivity index is 0.000000423. The molecule has 0 heterocycles. The summed E-state index contributed by atoms with van der Waals surface area (Å²) in [5, 5.41) is 0. The molecule has 4 heteroatoms. The average molecular weight is 229 g/mol. The van der Waals surface area contributed by atoms with Gasteiger partial charge in [-0.25, -0.2) is 0 Å². The van der Waals surface area contributed by atoms with E-state index in [1.165, 1.54) is 31.2 Å². The molecule has 1 aromatic rings. The van der Waals surface area contributed by atoms with E-state index in [2.05, 4.69) is 37.3 Å². The first-order valence-electron chi connectivity index (χ1n) is 5.05. The number of hydrogen-bond acceptors (Lipinski definition) is 1. The van der Waals surface area contributed by atoms with Gasteiger partial charge in [0, 0.05) is 4.57 Å². The van der Waals surface area contributed by atoms with Crippen LogP contribution in [0.25, 0.3) is 0 Å². The molecular weight excluding hydrogens is 211 g/mol. The second kappa shape index (κ2) is 9.78. The lowest BCUT2D eigenvalue weighted by molar-refractivity contribution is 0.405. The Hall–Kier alpha value is -0.760. The maximum Gasteiger partial charge on any atom is 0.692 e. The van der Waals surface area contributed by atoms with E-state index in [1.54, 1.807) is 0 Å². The number of hydrogen-bond donors (Lipinski definition) is 2. The van der Waals surface area contributed by atoms with E-state index in [-0.39, 0.29) is 0 Å². The number of aryl methyl sites for hydroxylation is 1. The fourth-order valence-corrected chi connectivity index (χ4v) is 1.22. The van der Waals surface area contributed by atoms with Gasteiger partial charge in [0.1, 0.15) is 0 Å². The Labute approximate surface area is 91.7 Å². The molecular formula is C11H18O3P+. The van der Waals surface area contributed by atoms with E-state index in [0.717, 1.165) is 0 Å². The minimum atomic E-state index is -2.87. The fourth-order valence-electron chi connectivity index (χ4n) is 1.22. The Bertz CT molecular complexity index is 258. The van der Waals surface area contributed by atoms with E-state index in [1.807, 2.05) is 0 Å². The maximum absolute atomic E-state index is 8.70. The van der Waals surface area contributed by atoms with Crippen LogP contribution >= 0.6 is 8.25 Å². The molecule has 0 saturated carbocycles. The summed E-state index contributed by atoms with van der Waals surface area (Å²) in [6.45, 7) is 2.24. The van der Waals surface area contributed by atoms with E-state index < -0.39 is 8.25 Å². The molecule has 0 saturated heterocycles. The molecule has 84 valence electrons. The highest BCUT2D eigenvalue weighted by Gasteiger charge is 1.93. The SMILES string of the molecule is CCCCCc1ccccc1.O=[P+](O)O. The second-order valence-electron chi connectivity index (χ2n) is 3.20. The van der Waals surface area contributed by atoms with E-state index in [9.17, 15) is 0 Å². The number of rotatable bonds is 4. The van der Waals surface area contributed by atoms with Crippen molar-refractivity contribution in [2.75, 3.05) is 0 Å². The predicted molar refractivity (Wildman–Crippen MR) is 61.7 cm³/mol. The first kappa shape index (κ1) is 14.2. The molecule has 0 aliphatic rings. The van der Waals surface area contributed by atoms with Gasteiger partial charge in [-0.05, 0) is 18.4 Å². The number of unbranched alkanes of at least 4 members (excludes halogenated alkanes) is 2. The molecule has 0 aliphatic carbocycles. The van der Waals surface area contributed by atoms with Crippen LogP contribution in [0.2, 0.25) is 0 Å². The lowest BCUT2D eigenvalue weighted by atomic mass is 10.1. The van der Waals surface area contributed by atoms with Gasteiger partial charge in [0.15, 0.2) is 0 Å². The van der Waals surface area contributed by atoms with Gasteiger partial charge in [-0.15, -0.1) is 9.79 Å². The van der Waals surface area contributed by atoms with Gasteiger partial charge in [0.25, 0.3) is 0 Å². The summed E-state index contributed by atoms with van der Waals surface area (Å²) in [4.78, 5) is 14.2. The smallest absolute Gasteiger partial charge is 0.134 e. The molecule has 0 unspecified atom stereocenters. The normalized spacial score (nSPS) is 9.00. The van der Waals surface area contributed by atoms with Crippen LogP contribution in [0, 0.1) is 0 Å². The molecule has 0 fully saturated rings. The molecule has 15 heavy (non-hydrogen) atoms. The first-order chi connectivity index (χ1) is 7.16. The highest BCUT2D eigenvalue weighted by atomic mass is 31.1. The Morgan fingerprint density at radius 3 is 2.13 bits per heavy atom. The van der Waals surface area contributed by atoms with Gasteiger partial charge in [0.2, 0.25) is 0 Å². The standard InChI is InChI=1S/C11H16.HO3P/c1-2-3-5-8-11-9-6-4-7-10-11;1-4(2)3/h4,6-7,9-10H,2-3,5,8H2,1H3;(H-,1,2,3)/p+1. The summed E-state index contributed by atoms with van der Waals surface area (Å²) in [7, 11) is -2.87. The van der Waals surface area contributed by atoms with E-state index >= 15 is 0 Å². The Morgan fingerprint density at radius 2 is 1.67 bits per heavy atom. The van der Waals surface area contributed by atoms with Crippen molar-refractivity contribution >= 4 is 8.25 Å². The van der Waals surface area contributed by atoms with Crippen molar-refractivity contribution in [1.82, 2.24) is 0 Å². The van der Waals surface area contributed by atoms with Gasteiger partial charge in [-0.3, -0.25) is 0 Å². The summed E-state index contributed by atoms with van der Waals surface area (Å²) in [5.41, 5.74) is 1.47. The minimum absolute atomic E-state index is 1.24. The van der Waals surface area contributed by atoms with Crippen molar-refractivity contribution in [1.29, 1.82) is 0 Å². The van der Waals surface area contributed by atoms with Gasteiger partial charge >= 0.3 is 8.25 Å². The summed E-state index contributed by atoms with van der Waals surface area (Å²) in [5.74, 6) is 0. The predicted octanol–water partition coefficient (Wildman–Crippen LogP) is 3.05. The van der Waals surface area contributed by atoms with Crippen LogP contribution in [0.5, 0.6) is 0 Å². The van der Waals surface area contributed by atoms with Gasteiger partial charge < -0.3 is 0 Å². The fraction of sp³-hybridized carbons (Fsp3) is 0.455. The zero-order valence-electron chi connectivity index (χ0n) is 8.97. The molecule has 1 rings (SSSR count). The lowest BCUT2D eigenvalue weighted by Gasteiger charge is -1.98. The quantitative estimate of drug-likeness (QED) is 0.616. The maximum atomic E-state index is 8.70.